The number of ether oxygens (including phenoxy) is 1. The predicted molar refractivity (Wildman–Crippen MR) is 123 cm³/mol. The third-order valence-corrected chi connectivity index (χ3v) is 7.83. The molecule has 0 aromatic rings. The maximum absolute atomic E-state index is 10.6. The van der Waals surface area contributed by atoms with Crippen LogP contribution in [0.4, 0.5) is 0 Å². The van der Waals surface area contributed by atoms with E-state index in [0.29, 0.717) is 36.4 Å². The zero-order valence-corrected chi connectivity index (χ0v) is 19.7. The molecule has 2 N–H and O–H groups in total. The molecule has 0 amide bonds. The van der Waals surface area contributed by atoms with Crippen molar-refractivity contribution in [3.8, 4) is 0 Å². The second-order valence-corrected chi connectivity index (χ2v) is 10.5. The zero-order chi connectivity index (χ0) is 21.7. The number of aliphatic hydroxyl groups excluding tert-OH is 2. The van der Waals surface area contributed by atoms with Crippen LogP contribution in [0.3, 0.4) is 0 Å². The maximum atomic E-state index is 10.6. The van der Waals surface area contributed by atoms with Crippen molar-refractivity contribution < 1.29 is 14.9 Å². The number of fused-ring (bicyclic) bond motifs is 1. The van der Waals surface area contributed by atoms with E-state index in [-0.39, 0.29) is 18.1 Å². The smallest absolute Gasteiger partial charge is 0.0749 e. The second kappa shape index (κ2) is 11.3. The summed E-state index contributed by atoms with van der Waals surface area (Å²) >= 11 is 0. The summed E-state index contributed by atoms with van der Waals surface area (Å²) in [5, 5.41) is 21.0. The molecule has 0 heterocycles. The molecule has 0 saturated heterocycles. The summed E-state index contributed by atoms with van der Waals surface area (Å²) in [6, 6.07) is 1.09. The molecule has 0 radical (unpaired) electrons. The Labute approximate surface area is 184 Å². The molecule has 3 fully saturated rings. The van der Waals surface area contributed by atoms with E-state index in [4.69, 9.17) is 4.74 Å². The lowest BCUT2D eigenvalue weighted by Gasteiger charge is -2.30. The summed E-state index contributed by atoms with van der Waals surface area (Å²) in [7, 11) is 0. The van der Waals surface area contributed by atoms with Crippen molar-refractivity contribution in [2.45, 2.75) is 96.9 Å². The predicted octanol–water partition coefficient (Wildman–Crippen LogP) is 4.56. The lowest BCUT2D eigenvalue weighted by molar-refractivity contribution is 0.0919. The summed E-state index contributed by atoms with van der Waals surface area (Å²) in [5.74, 6) is 1.73. The van der Waals surface area contributed by atoms with Gasteiger partial charge in [0.1, 0.15) is 0 Å². The van der Waals surface area contributed by atoms with Crippen LogP contribution < -0.4 is 0 Å². The summed E-state index contributed by atoms with van der Waals surface area (Å²) < 4.78 is 5.92. The van der Waals surface area contributed by atoms with Gasteiger partial charge in [0.25, 0.3) is 0 Å². The molecular formula is C26H45NO3. The Balaban J connectivity index is 1.44. The van der Waals surface area contributed by atoms with Gasteiger partial charge in [0.2, 0.25) is 0 Å². The van der Waals surface area contributed by atoms with Gasteiger partial charge in [0.15, 0.2) is 0 Å². The van der Waals surface area contributed by atoms with Gasteiger partial charge >= 0.3 is 0 Å². The first-order chi connectivity index (χ1) is 14.4. The minimum atomic E-state index is -0.334. The molecule has 3 saturated carbocycles. The molecule has 30 heavy (non-hydrogen) atoms. The van der Waals surface area contributed by atoms with Crippen LogP contribution in [-0.2, 0) is 4.74 Å². The Morgan fingerprint density at radius 2 is 1.80 bits per heavy atom. The molecule has 0 aromatic heterocycles. The van der Waals surface area contributed by atoms with E-state index in [0.717, 1.165) is 45.3 Å². The highest BCUT2D eigenvalue weighted by atomic mass is 16.5. The highest BCUT2D eigenvalue weighted by molar-refractivity contribution is 5.18. The molecule has 3 aliphatic carbocycles. The second-order valence-electron chi connectivity index (χ2n) is 10.5. The van der Waals surface area contributed by atoms with Gasteiger partial charge in [-0.3, -0.25) is 4.90 Å². The molecular weight excluding hydrogens is 374 g/mol. The van der Waals surface area contributed by atoms with E-state index in [9.17, 15) is 10.2 Å². The first kappa shape index (κ1) is 24.0. The van der Waals surface area contributed by atoms with Crippen molar-refractivity contribution in [3.63, 3.8) is 0 Å². The van der Waals surface area contributed by atoms with Gasteiger partial charge in [-0.1, -0.05) is 36.6 Å². The first-order valence-electron chi connectivity index (χ1n) is 12.4. The maximum Gasteiger partial charge on any atom is 0.0749 e. The summed E-state index contributed by atoms with van der Waals surface area (Å²) in [5.41, 5.74) is 1.50. The van der Waals surface area contributed by atoms with Crippen LogP contribution in [0, 0.1) is 23.7 Å². The molecule has 4 nitrogen and oxygen atoms in total. The number of nitrogens with zero attached hydrogens (tertiary/aromatic N) is 1. The van der Waals surface area contributed by atoms with Crippen molar-refractivity contribution in [1.82, 2.24) is 4.90 Å². The molecule has 4 heteroatoms. The van der Waals surface area contributed by atoms with Gasteiger partial charge in [0.05, 0.1) is 25.4 Å². The SMILES string of the molecule is CC(C)N(CCOC/C=C1\C[C@H]2C[C@@H](O)C(/C=C/[C@@H](O)C3CCCC3)[C@@H]2C1)C(C)C. The van der Waals surface area contributed by atoms with Crippen LogP contribution >= 0.6 is 0 Å². The summed E-state index contributed by atoms with van der Waals surface area (Å²) in [6.45, 7) is 11.4. The van der Waals surface area contributed by atoms with E-state index in [2.05, 4.69) is 44.7 Å². The molecule has 0 aromatic carbocycles. The third kappa shape index (κ3) is 6.18. The monoisotopic (exact) mass is 419 g/mol. The highest BCUT2D eigenvalue weighted by Gasteiger charge is 2.45. The molecule has 1 unspecified atom stereocenters. The molecule has 172 valence electrons. The van der Waals surface area contributed by atoms with Gasteiger partial charge < -0.3 is 14.9 Å². The van der Waals surface area contributed by atoms with E-state index < -0.39 is 0 Å². The standard InChI is InChI=1S/C26H45NO3/c1-18(2)27(19(3)4)12-14-30-13-11-20-15-22-17-26(29)23(24(22)16-20)9-10-25(28)21-7-5-6-8-21/h9-11,18-19,21-26,28-29H,5-8,12-17H2,1-4H3/b10-9+,20-11+/t22-,23?,24+,25+,26+/m0/s1. The van der Waals surface area contributed by atoms with E-state index >= 15 is 0 Å². The van der Waals surface area contributed by atoms with Crippen molar-refractivity contribution in [2.75, 3.05) is 19.8 Å². The summed E-state index contributed by atoms with van der Waals surface area (Å²) in [6.07, 6.45) is 13.7. The third-order valence-electron chi connectivity index (χ3n) is 7.83. The highest BCUT2D eigenvalue weighted by Crippen LogP contribution is 2.50. The van der Waals surface area contributed by atoms with Gasteiger partial charge in [0, 0.05) is 24.5 Å². The molecule has 0 spiro atoms. The zero-order valence-electron chi connectivity index (χ0n) is 19.7. The Kier molecular flexibility index (Phi) is 9.00. The van der Waals surface area contributed by atoms with E-state index in [1.54, 1.807) is 0 Å². The summed E-state index contributed by atoms with van der Waals surface area (Å²) in [4.78, 5) is 2.46. The molecule has 3 aliphatic rings. The van der Waals surface area contributed by atoms with Crippen LogP contribution in [0.2, 0.25) is 0 Å². The molecule has 0 aliphatic heterocycles. The number of hydrogen-bond donors (Lipinski definition) is 2. The van der Waals surface area contributed by atoms with Crippen LogP contribution in [0.25, 0.3) is 0 Å². The Bertz CT molecular complexity index is 571. The first-order valence-corrected chi connectivity index (χ1v) is 12.4. The Morgan fingerprint density at radius 1 is 1.10 bits per heavy atom. The van der Waals surface area contributed by atoms with Gasteiger partial charge in [-0.25, -0.2) is 0 Å². The van der Waals surface area contributed by atoms with Crippen LogP contribution in [-0.4, -0.2) is 59.2 Å². The minimum absolute atomic E-state index is 0.198. The number of rotatable bonds is 10. The normalized spacial score (nSPS) is 32.5. The van der Waals surface area contributed by atoms with Gasteiger partial charge in [-0.15, -0.1) is 0 Å². The van der Waals surface area contributed by atoms with Gasteiger partial charge in [-0.2, -0.15) is 0 Å². The quantitative estimate of drug-likeness (QED) is 0.402. The minimum Gasteiger partial charge on any atom is -0.392 e. The van der Waals surface area contributed by atoms with E-state index in [1.165, 1.54) is 18.4 Å². The van der Waals surface area contributed by atoms with Crippen LogP contribution in [0.15, 0.2) is 23.8 Å². The fourth-order valence-corrected chi connectivity index (χ4v) is 6.18. The average Bonchev–Trinajstić information content (AvgIpc) is 3.39. The fraction of sp³-hybridized carbons (Fsp3) is 0.846. The number of allylic oxidation sites excluding steroid dienone is 1. The fourth-order valence-electron chi connectivity index (χ4n) is 6.18. The molecule has 5 atom stereocenters. The molecule has 0 bridgehead atoms. The van der Waals surface area contributed by atoms with Crippen LogP contribution in [0.5, 0.6) is 0 Å². The van der Waals surface area contributed by atoms with Crippen molar-refractivity contribution >= 4 is 0 Å². The van der Waals surface area contributed by atoms with Gasteiger partial charge in [-0.05, 0) is 77.6 Å². The van der Waals surface area contributed by atoms with E-state index in [1.807, 2.05) is 6.08 Å². The molecule has 3 rings (SSSR count). The average molecular weight is 420 g/mol. The van der Waals surface area contributed by atoms with Crippen molar-refractivity contribution in [3.05, 3.63) is 23.8 Å². The topological polar surface area (TPSA) is 52.9 Å². The van der Waals surface area contributed by atoms with Crippen LogP contribution in [0.1, 0.15) is 72.6 Å². The number of aliphatic hydroxyl groups is 2. The van der Waals surface area contributed by atoms with Crippen molar-refractivity contribution in [1.29, 1.82) is 0 Å². The largest absolute Gasteiger partial charge is 0.392 e. The van der Waals surface area contributed by atoms with Crippen molar-refractivity contribution in [2.24, 2.45) is 23.7 Å². The Morgan fingerprint density at radius 3 is 2.47 bits per heavy atom. The lowest BCUT2D eigenvalue weighted by atomic mass is 9.89. The Hall–Kier alpha value is -0.680. The number of hydrogen-bond acceptors (Lipinski definition) is 4. The lowest BCUT2D eigenvalue weighted by Crippen LogP contribution is -2.39.